The van der Waals surface area contributed by atoms with Crippen molar-refractivity contribution in [3.63, 3.8) is 0 Å². The van der Waals surface area contributed by atoms with Crippen LogP contribution in [0.3, 0.4) is 0 Å². The molecule has 3 rings (SSSR count). The molecule has 1 aliphatic rings. The largest absolute Gasteiger partial charge is 0.491 e. The normalized spacial score (nSPS) is 15.7. The zero-order chi connectivity index (χ0) is 21.3. The lowest BCUT2D eigenvalue weighted by Gasteiger charge is -2.23. The highest BCUT2D eigenvalue weighted by Crippen LogP contribution is 2.20. The molecule has 9 heteroatoms. The van der Waals surface area contributed by atoms with Gasteiger partial charge in [0.1, 0.15) is 12.4 Å². The third-order valence-electron chi connectivity index (χ3n) is 4.78. The molecule has 0 saturated carbocycles. The quantitative estimate of drug-likeness (QED) is 0.697. The molecule has 0 saturated heterocycles. The fourth-order valence-corrected chi connectivity index (χ4v) is 3.21. The fraction of sp³-hybridized carbons (Fsp3) is 0.364. The summed E-state index contributed by atoms with van der Waals surface area (Å²) in [5, 5.41) is 5.68. The van der Waals surface area contributed by atoms with E-state index in [1.165, 1.54) is 0 Å². The molecule has 0 spiro atoms. The molecule has 0 unspecified atom stereocenters. The third-order valence-corrected chi connectivity index (χ3v) is 4.78. The number of nitrogens with zero attached hydrogens (tertiary/aromatic N) is 2. The van der Waals surface area contributed by atoms with E-state index in [0.29, 0.717) is 49.4 Å². The summed E-state index contributed by atoms with van der Waals surface area (Å²) < 4.78 is 5.71. The van der Waals surface area contributed by atoms with Crippen LogP contribution < -0.4 is 15.4 Å². The minimum Gasteiger partial charge on any atom is -0.491 e. The summed E-state index contributed by atoms with van der Waals surface area (Å²) in [4.78, 5) is 43.2. The predicted molar refractivity (Wildman–Crippen MR) is 119 cm³/mol. The monoisotopic (exact) mass is 446 g/mol. The summed E-state index contributed by atoms with van der Waals surface area (Å²) in [5.74, 6) is -0.0464. The summed E-state index contributed by atoms with van der Waals surface area (Å²) in [6.07, 6.45) is 3.96. The van der Waals surface area contributed by atoms with Crippen molar-refractivity contribution in [2.75, 3.05) is 32.8 Å². The predicted octanol–water partition coefficient (Wildman–Crippen LogP) is 1.97. The highest BCUT2D eigenvalue weighted by molar-refractivity contribution is 5.97. The second-order valence-corrected chi connectivity index (χ2v) is 7.09. The maximum Gasteiger partial charge on any atom is 0.255 e. The van der Waals surface area contributed by atoms with Gasteiger partial charge in [0.2, 0.25) is 5.91 Å². The van der Waals surface area contributed by atoms with Crippen LogP contribution in [0.5, 0.6) is 5.75 Å². The van der Waals surface area contributed by atoms with Gasteiger partial charge >= 0.3 is 0 Å². The Bertz CT molecular complexity index is 908. The maximum atomic E-state index is 12.9. The number of carbonyl (C=O) groups excluding carboxylic acids is 3. The Balaban J connectivity index is 0.00000341. The van der Waals surface area contributed by atoms with Gasteiger partial charge in [-0.05, 0) is 37.6 Å². The number of benzene rings is 1. The van der Waals surface area contributed by atoms with Crippen LogP contribution >= 0.6 is 12.4 Å². The Kier molecular flexibility index (Phi) is 9.27. The second-order valence-electron chi connectivity index (χ2n) is 7.09. The van der Waals surface area contributed by atoms with Crippen molar-refractivity contribution in [3.05, 3.63) is 59.4 Å². The van der Waals surface area contributed by atoms with Gasteiger partial charge in [-0.1, -0.05) is 11.6 Å². The summed E-state index contributed by atoms with van der Waals surface area (Å²) >= 11 is 0. The van der Waals surface area contributed by atoms with Crippen LogP contribution in [0, 0.1) is 6.92 Å². The number of aryl methyl sites for hydroxylation is 1. The van der Waals surface area contributed by atoms with Crippen molar-refractivity contribution in [1.29, 1.82) is 0 Å². The number of rotatable bonds is 1. The molecular formula is C22H27ClN4O4. The Morgan fingerprint density at radius 1 is 1.06 bits per heavy atom. The van der Waals surface area contributed by atoms with Crippen molar-refractivity contribution in [2.45, 2.75) is 19.8 Å². The highest BCUT2D eigenvalue weighted by atomic mass is 35.5. The van der Waals surface area contributed by atoms with E-state index in [-0.39, 0.29) is 43.3 Å². The molecule has 8 nitrogen and oxygen atoms in total. The number of amides is 3. The molecule has 0 atom stereocenters. The fourth-order valence-electron chi connectivity index (χ4n) is 3.21. The summed E-state index contributed by atoms with van der Waals surface area (Å²) in [7, 11) is 0. The SMILES string of the molecule is Cc1ccc2c(c1)C(=O)NCCN(C(=O)c1ccncc1)CCCC(=O)NCCO2.Cl. The van der Waals surface area contributed by atoms with E-state index in [4.69, 9.17) is 4.74 Å². The van der Waals surface area contributed by atoms with E-state index in [9.17, 15) is 14.4 Å². The van der Waals surface area contributed by atoms with Gasteiger partial charge in [-0.25, -0.2) is 0 Å². The van der Waals surface area contributed by atoms with Crippen molar-refractivity contribution in [3.8, 4) is 5.75 Å². The molecule has 0 aliphatic carbocycles. The molecule has 2 aromatic rings. The van der Waals surface area contributed by atoms with Gasteiger partial charge in [0.25, 0.3) is 11.8 Å². The average molecular weight is 447 g/mol. The Morgan fingerprint density at radius 2 is 1.84 bits per heavy atom. The summed E-state index contributed by atoms with van der Waals surface area (Å²) in [6.45, 7) is 3.54. The molecule has 1 aliphatic heterocycles. The van der Waals surface area contributed by atoms with Crippen molar-refractivity contribution in [1.82, 2.24) is 20.5 Å². The van der Waals surface area contributed by atoms with Gasteiger partial charge in [0.15, 0.2) is 0 Å². The van der Waals surface area contributed by atoms with Crippen molar-refractivity contribution < 1.29 is 19.1 Å². The van der Waals surface area contributed by atoms with Crippen LogP contribution in [0.4, 0.5) is 0 Å². The van der Waals surface area contributed by atoms with E-state index in [1.54, 1.807) is 41.6 Å². The highest BCUT2D eigenvalue weighted by Gasteiger charge is 2.18. The van der Waals surface area contributed by atoms with Gasteiger partial charge in [-0.15, -0.1) is 12.4 Å². The van der Waals surface area contributed by atoms with E-state index in [0.717, 1.165) is 5.56 Å². The zero-order valence-corrected chi connectivity index (χ0v) is 18.2. The first-order chi connectivity index (χ1) is 14.5. The minimum absolute atomic E-state index is 0. The van der Waals surface area contributed by atoms with Crippen LogP contribution in [0.25, 0.3) is 0 Å². The van der Waals surface area contributed by atoms with Gasteiger partial charge in [-0.2, -0.15) is 0 Å². The second kappa shape index (κ2) is 11.9. The van der Waals surface area contributed by atoms with Gasteiger partial charge in [0.05, 0.1) is 12.1 Å². The average Bonchev–Trinajstić information content (AvgIpc) is 2.76. The Hall–Kier alpha value is -3.13. The summed E-state index contributed by atoms with van der Waals surface area (Å²) in [5.41, 5.74) is 1.89. The zero-order valence-electron chi connectivity index (χ0n) is 17.4. The van der Waals surface area contributed by atoms with Gasteiger partial charge < -0.3 is 20.3 Å². The van der Waals surface area contributed by atoms with Crippen LogP contribution in [0.2, 0.25) is 0 Å². The van der Waals surface area contributed by atoms with E-state index in [1.807, 2.05) is 13.0 Å². The van der Waals surface area contributed by atoms with Crippen LogP contribution in [0.1, 0.15) is 39.1 Å². The lowest BCUT2D eigenvalue weighted by molar-refractivity contribution is -0.121. The number of hydrogen-bond donors (Lipinski definition) is 2. The molecule has 0 bridgehead atoms. The first kappa shape index (κ1) is 24.1. The van der Waals surface area contributed by atoms with Crippen LogP contribution in [-0.2, 0) is 4.79 Å². The number of aromatic nitrogens is 1. The van der Waals surface area contributed by atoms with Gasteiger partial charge in [-0.3, -0.25) is 19.4 Å². The Morgan fingerprint density at radius 3 is 2.61 bits per heavy atom. The molecule has 2 heterocycles. The molecule has 1 aromatic carbocycles. The lowest BCUT2D eigenvalue weighted by Crippen LogP contribution is -2.39. The topological polar surface area (TPSA) is 101 Å². The Labute approximate surface area is 187 Å². The molecule has 3 amide bonds. The molecular weight excluding hydrogens is 420 g/mol. The standard InChI is InChI=1S/C22H26N4O4.ClH/c1-16-4-5-19-18(15-16)21(28)25-10-13-26(22(29)17-6-8-23-9-7-17)12-2-3-20(27)24-11-14-30-19;/h4-9,15H,2-3,10-14H2,1H3,(H,24,27)(H,25,28);1H. The lowest BCUT2D eigenvalue weighted by atomic mass is 10.1. The number of fused-ring (bicyclic) bond motifs is 1. The number of carbonyl (C=O) groups is 3. The van der Waals surface area contributed by atoms with Crippen LogP contribution in [0.15, 0.2) is 42.7 Å². The number of ether oxygens (including phenoxy) is 1. The molecule has 0 fully saturated rings. The molecule has 0 radical (unpaired) electrons. The van der Waals surface area contributed by atoms with Crippen molar-refractivity contribution >= 4 is 30.1 Å². The third kappa shape index (κ3) is 6.96. The molecule has 166 valence electrons. The van der Waals surface area contributed by atoms with E-state index < -0.39 is 0 Å². The number of pyridine rings is 1. The molecule has 2 N–H and O–H groups in total. The maximum absolute atomic E-state index is 12.9. The number of nitrogens with one attached hydrogen (secondary N) is 2. The smallest absolute Gasteiger partial charge is 0.255 e. The molecule has 31 heavy (non-hydrogen) atoms. The first-order valence-corrected chi connectivity index (χ1v) is 10.0. The van der Waals surface area contributed by atoms with Crippen molar-refractivity contribution in [2.24, 2.45) is 0 Å². The van der Waals surface area contributed by atoms with Crippen LogP contribution in [-0.4, -0.2) is 60.4 Å². The number of hydrogen-bond acceptors (Lipinski definition) is 5. The first-order valence-electron chi connectivity index (χ1n) is 10.0. The minimum atomic E-state index is -0.260. The van der Waals surface area contributed by atoms with E-state index in [2.05, 4.69) is 15.6 Å². The van der Waals surface area contributed by atoms with E-state index >= 15 is 0 Å². The number of halogens is 1. The van der Waals surface area contributed by atoms with Gasteiger partial charge in [0, 0.05) is 44.0 Å². The summed E-state index contributed by atoms with van der Waals surface area (Å²) in [6, 6.07) is 8.69. The molecule has 1 aromatic heterocycles.